The van der Waals surface area contributed by atoms with Crippen LogP contribution in [0.2, 0.25) is 0 Å². The lowest BCUT2D eigenvalue weighted by Crippen LogP contribution is -2.14. The summed E-state index contributed by atoms with van der Waals surface area (Å²) in [6, 6.07) is 10.9. The predicted octanol–water partition coefficient (Wildman–Crippen LogP) is 3.31. The standard InChI is InChI=1S/C17H19N3O3S/c1-11-12(2)18-23-17(11)19-24(21,22)16-7-5-6-13-10-14(20(3)4)8-9-15(13)16/h5-10,19H,1-4H3. The Kier molecular flexibility index (Phi) is 3.96. The summed E-state index contributed by atoms with van der Waals surface area (Å²) >= 11 is 0. The summed E-state index contributed by atoms with van der Waals surface area (Å²) in [5, 5.41) is 5.29. The molecule has 0 aliphatic carbocycles. The zero-order chi connectivity index (χ0) is 17.5. The van der Waals surface area contributed by atoms with Crippen molar-refractivity contribution in [3.63, 3.8) is 0 Å². The maximum Gasteiger partial charge on any atom is 0.264 e. The van der Waals surface area contributed by atoms with Crippen molar-refractivity contribution in [3.8, 4) is 0 Å². The summed E-state index contributed by atoms with van der Waals surface area (Å²) in [6.07, 6.45) is 0. The van der Waals surface area contributed by atoms with E-state index in [0.717, 1.165) is 11.1 Å². The van der Waals surface area contributed by atoms with Crippen LogP contribution in [0.5, 0.6) is 0 Å². The quantitative estimate of drug-likeness (QED) is 0.785. The van der Waals surface area contributed by atoms with Crippen molar-refractivity contribution >= 4 is 32.4 Å². The first-order valence-corrected chi connectivity index (χ1v) is 8.94. The van der Waals surface area contributed by atoms with Gasteiger partial charge in [-0.25, -0.2) is 13.1 Å². The molecule has 1 heterocycles. The monoisotopic (exact) mass is 345 g/mol. The second-order valence-electron chi connectivity index (χ2n) is 5.88. The largest absolute Gasteiger partial charge is 0.378 e. The van der Waals surface area contributed by atoms with E-state index < -0.39 is 10.0 Å². The third kappa shape index (κ3) is 2.82. The Hall–Kier alpha value is -2.54. The summed E-state index contributed by atoms with van der Waals surface area (Å²) in [4.78, 5) is 2.18. The topological polar surface area (TPSA) is 75.4 Å². The molecule has 0 radical (unpaired) electrons. The van der Waals surface area contributed by atoms with E-state index in [1.165, 1.54) is 0 Å². The van der Waals surface area contributed by atoms with Crippen LogP contribution >= 0.6 is 0 Å². The van der Waals surface area contributed by atoms with Crippen LogP contribution in [0.25, 0.3) is 10.8 Å². The summed E-state index contributed by atoms with van der Waals surface area (Å²) in [7, 11) is 0.106. The SMILES string of the molecule is Cc1noc(NS(=O)(=O)c2cccc3cc(N(C)C)ccc23)c1C. The number of aryl methyl sites for hydroxylation is 1. The van der Waals surface area contributed by atoms with Gasteiger partial charge in [-0.1, -0.05) is 23.4 Å². The number of nitrogens with zero attached hydrogens (tertiary/aromatic N) is 2. The molecular weight excluding hydrogens is 326 g/mol. The Bertz CT molecular complexity index is 1010. The first kappa shape index (κ1) is 16.3. The van der Waals surface area contributed by atoms with Crippen LogP contribution in [0.15, 0.2) is 45.8 Å². The van der Waals surface area contributed by atoms with Gasteiger partial charge in [0, 0.05) is 30.7 Å². The third-order valence-electron chi connectivity index (χ3n) is 4.01. The lowest BCUT2D eigenvalue weighted by Gasteiger charge is -2.14. The fourth-order valence-electron chi connectivity index (χ4n) is 2.44. The van der Waals surface area contributed by atoms with Crippen LogP contribution < -0.4 is 9.62 Å². The average molecular weight is 345 g/mol. The number of anilines is 2. The molecule has 1 aromatic heterocycles. The molecule has 0 amide bonds. The second-order valence-corrected chi connectivity index (χ2v) is 7.53. The fraction of sp³-hybridized carbons (Fsp3) is 0.235. The first-order valence-electron chi connectivity index (χ1n) is 7.45. The molecule has 0 bridgehead atoms. The molecule has 0 unspecified atom stereocenters. The van der Waals surface area contributed by atoms with E-state index in [0.29, 0.717) is 16.6 Å². The summed E-state index contributed by atoms with van der Waals surface area (Å²) in [5.41, 5.74) is 2.33. The molecule has 0 fully saturated rings. The maximum absolute atomic E-state index is 12.8. The molecule has 1 N–H and O–H groups in total. The van der Waals surface area contributed by atoms with Crippen LogP contribution in [0.4, 0.5) is 11.6 Å². The summed E-state index contributed by atoms with van der Waals surface area (Å²) in [6.45, 7) is 3.52. The smallest absolute Gasteiger partial charge is 0.264 e. The minimum atomic E-state index is -3.78. The number of nitrogens with one attached hydrogen (secondary N) is 1. The molecule has 0 spiro atoms. The molecule has 0 saturated carbocycles. The molecule has 7 heteroatoms. The molecule has 0 aliphatic heterocycles. The number of benzene rings is 2. The Morgan fingerprint density at radius 2 is 1.88 bits per heavy atom. The van der Waals surface area contributed by atoms with Gasteiger partial charge in [0.2, 0.25) is 5.88 Å². The number of fused-ring (bicyclic) bond motifs is 1. The van der Waals surface area contributed by atoms with E-state index in [-0.39, 0.29) is 10.8 Å². The maximum atomic E-state index is 12.8. The zero-order valence-electron chi connectivity index (χ0n) is 14.0. The Labute approximate surface area is 141 Å². The van der Waals surface area contributed by atoms with Crippen LogP contribution in [-0.2, 0) is 10.0 Å². The van der Waals surface area contributed by atoms with Gasteiger partial charge in [-0.15, -0.1) is 0 Å². The molecule has 0 atom stereocenters. The van der Waals surface area contributed by atoms with Gasteiger partial charge in [0.05, 0.1) is 10.6 Å². The van der Waals surface area contributed by atoms with Gasteiger partial charge in [0.15, 0.2) is 0 Å². The van der Waals surface area contributed by atoms with E-state index in [2.05, 4.69) is 9.88 Å². The Balaban J connectivity index is 2.09. The molecule has 126 valence electrons. The molecule has 3 rings (SSSR count). The molecule has 24 heavy (non-hydrogen) atoms. The highest BCUT2D eigenvalue weighted by molar-refractivity contribution is 7.93. The minimum absolute atomic E-state index is 0.148. The van der Waals surface area contributed by atoms with Gasteiger partial charge < -0.3 is 9.42 Å². The van der Waals surface area contributed by atoms with Gasteiger partial charge >= 0.3 is 0 Å². The highest BCUT2D eigenvalue weighted by atomic mass is 32.2. The number of rotatable bonds is 4. The van der Waals surface area contributed by atoms with Crippen molar-refractivity contribution in [2.24, 2.45) is 0 Å². The average Bonchev–Trinajstić information content (AvgIpc) is 2.85. The fourth-order valence-corrected chi connectivity index (χ4v) is 3.72. The summed E-state index contributed by atoms with van der Waals surface area (Å²) in [5.74, 6) is 0.148. The molecule has 6 nitrogen and oxygen atoms in total. The van der Waals surface area contributed by atoms with Gasteiger partial charge in [-0.05, 0) is 37.4 Å². The number of hydrogen-bond donors (Lipinski definition) is 1. The van der Waals surface area contributed by atoms with Gasteiger partial charge in [-0.3, -0.25) is 0 Å². The minimum Gasteiger partial charge on any atom is -0.378 e. The highest BCUT2D eigenvalue weighted by Crippen LogP contribution is 2.29. The second kappa shape index (κ2) is 5.83. The molecule has 0 saturated heterocycles. The Morgan fingerprint density at radius 3 is 2.50 bits per heavy atom. The molecule has 0 aliphatic rings. The first-order chi connectivity index (χ1) is 11.3. The van der Waals surface area contributed by atoms with Crippen molar-refractivity contribution in [1.29, 1.82) is 0 Å². The number of hydrogen-bond acceptors (Lipinski definition) is 5. The normalized spacial score (nSPS) is 11.7. The molecule has 2 aromatic carbocycles. The van der Waals surface area contributed by atoms with Crippen molar-refractivity contribution in [2.75, 3.05) is 23.7 Å². The van der Waals surface area contributed by atoms with Crippen molar-refractivity contribution in [2.45, 2.75) is 18.7 Å². The van der Waals surface area contributed by atoms with Crippen molar-refractivity contribution < 1.29 is 12.9 Å². The number of sulfonamides is 1. The van der Waals surface area contributed by atoms with Crippen molar-refractivity contribution in [3.05, 3.63) is 47.7 Å². The molecular formula is C17H19N3O3S. The number of aromatic nitrogens is 1. The summed E-state index contributed by atoms with van der Waals surface area (Å²) < 4.78 is 33.1. The van der Waals surface area contributed by atoms with Crippen LogP contribution in [-0.4, -0.2) is 27.7 Å². The van der Waals surface area contributed by atoms with E-state index in [9.17, 15) is 8.42 Å². The highest BCUT2D eigenvalue weighted by Gasteiger charge is 2.21. The lowest BCUT2D eigenvalue weighted by atomic mass is 10.1. The zero-order valence-corrected chi connectivity index (χ0v) is 14.8. The predicted molar refractivity (Wildman–Crippen MR) is 95.1 cm³/mol. The van der Waals surface area contributed by atoms with Gasteiger partial charge in [0.1, 0.15) is 0 Å². The van der Waals surface area contributed by atoms with Crippen LogP contribution in [0.3, 0.4) is 0 Å². The van der Waals surface area contributed by atoms with Crippen LogP contribution in [0.1, 0.15) is 11.3 Å². The third-order valence-corrected chi connectivity index (χ3v) is 5.40. The Morgan fingerprint density at radius 1 is 1.12 bits per heavy atom. The molecule has 3 aromatic rings. The van der Waals surface area contributed by atoms with E-state index in [1.54, 1.807) is 26.0 Å². The van der Waals surface area contributed by atoms with E-state index >= 15 is 0 Å². The van der Waals surface area contributed by atoms with Crippen molar-refractivity contribution in [1.82, 2.24) is 5.16 Å². The van der Waals surface area contributed by atoms with Gasteiger partial charge in [-0.2, -0.15) is 0 Å². The van der Waals surface area contributed by atoms with Gasteiger partial charge in [0.25, 0.3) is 10.0 Å². The lowest BCUT2D eigenvalue weighted by molar-refractivity contribution is 0.430. The van der Waals surface area contributed by atoms with E-state index in [4.69, 9.17) is 4.52 Å². The van der Waals surface area contributed by atoms with E-state index in [1.807, 2.05) is 43.3 Å². The van der Waals surface area contributed by atoms with Crippen LogP contribution in [0, 0.1) is 13.8 Å².